The molecule has 1 unspecified atom stereocenters. The third kappa shape index (κ3) is 4.95. The Bertz CT molecular complexity index is 1170. The van der Waals surface area contributed by atoms with Gasteiger partial charge in [0.2, 0.25) is 0 Å². The largest absolute Gasteiger partial charge is 0.363 e. The molecule has 3 aromatic heterocycles. The van der Waals surface area contributed by atoms with Crippen molar-refractivity contribution in [1.29, 1.82) is 0 Å². The van der Waals surface area contributed by atoms with Gasteiger partial charge in [0.15, 0.2) is 11.0 Å². The van der Waals surface area contributed by atoms with Gasteiger partial charge in [-0.1, -0.05) is 23.4 Å². The summed E-state index contributed by atoms with van der Waals surface area (Å²) in [6.07, 6.45) is 6.75. The molecule has 1 atom stereocenters. The Morgan fingerprint density at radius 2 is 2.09 bits per heavy atom. The van der Waals surface area contributed by atoms with Crippen LogP contribution in [0, 0.1) is 0 Å². The van der Waals surface area contributed by atoms with Gasteiger partial charge in [-0.25, -0.2) is 4.98 Å². The number of tetrazole rings is 1. The SMILES string of the molecule is O=C(Nc1nc(C2CCCN2c2ccccc2)cs1)c1cccn1CCCCc1nn[nH]n1. The number of para-hydroxylation sites is 1. The molecule has 0 radical (unpaired) electrons. The molecule has 1 aliphatic heterocycles. The molecular formula is C23H26N8OS. The Morgan fingerprint density at radius 1 is 1.18 bits per heavy atom. The van der Waals surface area contributed by atoms with Gasteiger partial charge < -0.3 is 9.47 Å². The predicted octanol–water partition coefficient (Wildman–Crippen LogP) is 4.07. The second kappa shape index (κ2) is 9.95. The topological polar surface area (TPSA) is 105 Å². The Hall–Kier alpha value is -3.53. The first kappa shape index (κ1) is 21.3. The van der Waals surface area contributed by atoms with Crippen LogP contribution in [0.3, 0.4) is 0 Å². The lowest BCUT2D eigenvalue weighted by Crippen LogP contribution is -2.22. The van der Waals surface area contributed by atoms with Gasteiger partial charge in [0.25, 0.3) is 5.91 Å². The fourth-order valence-electron chi connectivity index (χ4n) is 4.33. The van der Waals surface area contributed by atoms with Gasteiger partial charge in [-0.05, 0) is 49.9 Å². The van der Waals surface area contributed by atoms with Crippen molar-refractivity contribution in [2.45, 2.75) is 44.7 Å². The van der Waals surface area contributed by atoms with E-state index >= 15 is 0 Å². The fraction of sp³-hybridized carbons (Fsp3) is 0.348. The average Bonchev–Trinajstić information content (AvgIpc) is 3.64. The third-order valence-corrected chi connectivity index (χ3v) is 6.70. The molecule has 9 nitrogen and oxygen atoms in total. The van der Waals surface area contributed by atoms with Crippen LogP contribution < -0.4 is 10.2 Å². The number of hydrogen-bond donors (Lipinski definition) is 2. The van der Waals surface area contributed by atoms with Gasteiger partial charge in [-0.2, -0.15) is 5.21 Å². The Kier molecular flexibility index (Phi) is 6.43. The van der Waals surface area contributed by atoms with E-state index in [1.54, 1.807) is 0 Å². The van der Waals surface area contributed by atoms with E-state index in [2.05, 4.69) is 60.5 Å². The van der Waals surface area contributed by atoms with Crippen LogP contribution in [-0.4, -0.2) is 42.6 Å². The van der Waals surface area contributed by atoms with Gasteiger partial charge in [0, 0.05) is 36.8 Å². The number of H-pyrrole nitrogens is 1. The van der Waals surface area contributed by atoms with Gasteiger partial charge in [0.05, 0.1) is 11.7 Å². The van der Waals surface area contributed by atoms with Crippen molar-refractivity contribution < 1.29 is 4.79 Å². The molecule has 170 valence electrons. The molecule has 10 heteroatoms. The summed E-state index contributed by atoms with van der Waals surface area (Å²) >= 11 is 1.48. The number of nitrogens with one attached hydrogen (secondary N) is 2. The van der Waals surface area contributed by atoms with Crippen molar-refractivity contribution in [3.8, 4) is 0 Å². The quantitative estimate of drug-likeness (QED) is 0.363. The van der Waals surface area contributed by atoms with E-state index < -0.39 is 0 Å². The number of carbonyl (C=O) groups is 1. The van der Waals surface area contributed by atoms with E-state index in [1.807, 2.05) is 29.0 Å². The summed E-state index contributed by atoms with van der Waals surface area (Å²) in [5, 5.41) is 19.7. The number of hydrogen-bond acceptors (Lipinski definition) is 7. The van der Waals surface area contributed by atoms with Crippen molar-refractivity contribution in [1.82, 2.24) is 30.2 Å². The van der Waals surface area contributed by atoms with Gasteiger partial charge in [-0.15, -0.1) is 21.5 Å². The van der Waals surface area contributed by atoms with Crippen LogP contribution in [0.5, 0.6) is 0 Å². The van der Waals surface area contributed by atoms with E-state index in [0.717, 1.165) is 50.9 Å². The van der Waals surface area contributed by atoms with Crippen molar-refractivity contribution in [3.63, 3.8) is 0 Å². The highest BCUT2D eigenvalue weighted by molar-refractivity contribution is 7.14. The minimum absolute atomic E-state index is 0.134. The summed E-state index contributed by atoms with van der Waals surface area (Å²) in [7, 11) is 0. The third-order valence-electron chi connectivity index (χ3n) is 5.93. The molecule has 0 bridgehead atoms. The molecule has 1 aliphatic rings. The molecule has 4 heterocycles. The van der Waals surface area contributed by atoms with Crippen molar-refractivity contribution in [2.75, 3.05) is 16.8 Å². The number of rotatable bonds is 9. The molecule has 4 aromatic rings. The number of anilines is 2. The summed E-state index contributed by atoms with van der Waals surface area (Å²) in [6, 6.07) is 14.4. The van der Waals surface area contributed by atoms with Crippen LogP contribution in [-0.2, 0) is 13.0 Å². The van der Waals surface area contributed by atoms with E-state index in [4.69, 9.17) is 4.98 Å². The second-order valence-corrected chi connectivity index (χ2v) is 8.95. The summed E-state index contributed by atoms with van der Waals surface area (Å²) in [5.74, 6) is 0.582. The lowest BCUT2D eigenvalue weighted by molar-refractivity contribution is 0.101. The first-order chi connectivity index (χ1) is 16.3. The minimum atomic E-state index is -0.134. The number of aromatic nitrogens is 6. The summed E-state index contributed by atoms with van der Waals surface area (Å²) in [6.45, 7) is 1.78. The Balaban J connectivity index is 1.19. The highest BCUT2D eigenvalue weighted by Crippen LogP contribution is 2.37. The Morgan fingerprint density at radius 3 is 2.94 bits per heavy atom. The maximum absolute atomic E-state index is 12.9. The van der Waals surface area contributed by atoms with Gasteiger partial charge in [-0.3, -0.25) is 10.1 Å². The number of aromatic amines is 1. The molecule has 1 fully saturated rings. The standard InChI is InChI=1S/C23H26N8OS/c32-22(20-11-6-14-30(20)13-5-4-12-21-26-28-29-27-21)25-23-24-18(16-33-23)19-10-7-15-31(19)17-8-2-1-3-9-17/h1-3,6,8-9,11,14,16,19H,4-5,7,10,12-13,15H2,(H,24,25,32)(H,26,27,28,29). The predicted molar refractivity (Wildman–Crippen MR) is 127 cm³/mol. The number of carbonyl (C=O) groups excluding carboxylic acids is 1. The molecule has 0 spiro atoms. The van der Waals surface area contributed by atoms with Crippen molar-refractivity contribution in [2.24, 2.45) is 0 Å². The second-order valence-electron chi connectivity index (χ2n) is 8.09. The maximum Gasteiger partial charge on any atom is 0.274 e. The minimum Gasteiger partial charge on any atom is -0.363 e. The molecule has 5 rings (SSSR count). The number of nitrogens with zero attached hydrogens (tertiary/aromatic N) is 6. The zero-order valence-corrected chi connectivity index (χ0v) is 19.0. The van der Waals surface area contributed by atoms with Crippen molar-refractivity contribution >= 4 is 28.1 Å². The van der Waals surface area contributed by atoms with Gasteiger partial charge >= 0.3 is 0 Å². The highest BCUT2D eigenvalue weighted by atomic mass is 32.1. The molecule has 2 N–H and O–H groups in total. The van der Waals surface area contributed by atoms with E-state index in [-0.39, 0.29) is 11.9 Å². The van der Waals surface area contributed by atoms with E-state index in [9.17, 15) is 4.79 Å². The van der Waals surface area contributed by atoms with Crippen LogP contribution in [0.4, 0.5) is 10.8 Å². The van der Waals surface area contributed by atoms with Crippen LogP contribution in [0.15, 0.2) is 54.0 Å². The van der Waals surface area contributed by atoms with E-state index in [1.165, 1.54) is 17.0 Å². The first-order valence-corrected chi connectivity index (χ1v) is 12.1. The van der Waals surface area contributed by atoms with Crippen LogP contribution in [0.1, 0.15) is 53.7 Å². The number of unbranched alkanes of at least 4 members (excludes halogenated alkanes) is 1. The molecule has 1 aromatic carbocycles. The van der Waals surface area contributed by atoms with Crippen LogP contribution >= 0.6 is 11.3 Å². The maximum atomic E-state index is 12.9. The van der Waals surface area contributed by atoms with Gasteiger partial charge in [0.1, 0.15) is 5.69 Å². The number of amides is 1. The zero-order chi connectivity index (χ0) is 22.5. The summed E-state index contributed by atoms with van der Waals surface area (Å²) < 4.78 is 1.98. The number of aryl methyl sites for hydroxylation is 2. The summed E-state index contributed by atoms with van der Waals surface area (Å²) in [4.78, 5) is 20.1. The smallest absolute Gasteiger partial charge is 0.274 e. The number of thiazole rings is 1. The lowest BCUT2D eigenvalue weighted by atomic mass is 10.1. The normalized spacial score (nSPS) is 15.8. The molecule has 1 saturated heterocycles. The average molecular weight is 463 g/mol. The van der Waals surface area contributed by atoms with Crippen molar-refractivity contribution in [3.05, 3.63) is 71.3 Å². The molecule has 0 saturated carbocycles. The summed E-state index contributed by atoms with van der Waals surface area (Å²) in [5.41, 5.74) is 2.88. The molecule has 0 aliphatic carbocycles. The number of benzene rings is 1. The van der Waals surface area contributed by atoms with E-state index in [0.29, 0.717) is 16.6 Å². The monoisotopic (exact) mass is 462 g/mol. The molecule has 33 heavy (non-hydrogen) atoms. The molecular weight excluding hydrogens is 436 g/mol. The Labute approximate surface area is 195 Å². The lowest BCUT2D eigenvalue weighted by Gasteiger charge is -2.25. The first-order valence-electron chi connectivity index (χ1n) is 11.2. The molecule has 1 amide bonds. The van der Waals surface area contributed by atoms with Crippen LogP contribution in [0.25, 0.3) is 0 Å². The zero-order valence-electron chi connectivity index (χ0n) is 18.2. The fourth-order valence-corrected chi connectivity index (χ4v) is 5.08. The highest BCUT2D eigenvalue weighted by Gasteiger charge is 2.28. The van der Waals surface area contributed by atoms with Crippen LogP contribution in [0.2, 0.25) is 0 Å².